The van der Waals surface area contributed by atoms with Gasteiger partial charge >= 0.3 is 0 Å². The maximum atomic E-state index is 12.0. The second-order valence-electron chi connectivity index (χ2n) is 8.48. The monoisotopic (exact) mass is 379 g/mol. The predicted molar refractivity (Wildman–Crippen MR) is 98.3 cm³/mol. The Kier molecular flexibility index (Phi) is 3.82. The molecule has 3 N–H and O–H groups in total. The molecule has 2 aromatic rings. The molecule has 2 aliphatic rings. The lowest BCUT2D eigenvalue weighted by Gasteiger charge is -2.37. The first-order chi connectivity index (χ1) is 12.1. The highest BCUT2D eigenvalue weighted by Crippen LogP contribution is 2.46. The second kappa shape index (κ2) is 5.62. The highest BCUT2D eigenvalue weighted by atomic mass is 28.4. The average molecular weight is 379 g/mol. The van der Waals surface area contributed by atoms with E-state index in [-0.39, 0.29) is 46.6 Å². The van der Waals surface area contributed by atoms with Gasteiger partial charge in [-0.25, -0.2) is 4.98 Å². The molecule has 0 bridgehead atoms. The summed E-state index contributed by atoms with van der Waals surface area (Å²) in [6, 6.07) is 0. The van der Waals surface area contributed by atoms with Crippen molar-refractivity contribution in [3.05, 3.63) is 16.7 Å². The van der Waals surface area contributed by atoms with E-state index in [1.807, 2.05) is 0 Å². The zero-order valence-electron chi connectivity index (χ0n) is 15.6. The summed E-state index contributed by atoms with van der Waals surface area (Å²) in [7, 11) is -1.86. The number of hydrogen-bond acceptors (Lipinski definition) is 7. The Labute approximate surface area is 152 Å². The Bertz CT molecular complexity index is 902. The summed E-state index contributed by atoms with van der Waals surface area (Å²) in [6.45, 7) is 11.6. The van der Waals surface area contributed by atoms with Crippen molar-refractivity contribution in [2.75, 3.05) is 12.3 Å². The first-order valence-corrected chi connectivity index (χ1v) is 11.7. The maximum absolute atomic E-state index is 12.0. The number of anilines is 1. The van der Waals surface area contributed by atoms with E-state index in [1.54, 1.807) is 10.9 Å². The Balaban J connectivity index is 1.53. The van der Waals surface area contributed by atoms with Gasteiger partial charge in [-0.15, -0.1) is 0 Å². The smallest absolute Gasteiger partial charge is 0.280 e. The Morgan fingerprint density at radius 2 is 2.08 bits per heavy atom. The van der Waals surface area contributed by atoms with E-state index in [9.17, 15) is 4.79 Å². The number of nitrogens with zero attached hydrogens (tertiary/aromatic N) is 3. The minimum Gasteiger partial charge on any atom is -0.414 e. The van der Waals surface area contributed by atoms with Crippen LogP contribution in [-0.2, 0) is 13.9 Å². The lowest BCUT2D eigenvalue weighted by molar-refractivity contribution is -0.0803. The summed E-state index contributed by atoms with van der Waals surface area (Å²) in [4.78, 5) is 22.7. The third kappa shape index (κ3) is 2.77. The molecule has 9 nitrogen and oxygen atoms in total. The van der Waals surface area contributed by atoms with E-state index in [0.29, 0.717) is 12.3 Å². The summed E-state index contributed by atoms with van der Waals surface area (Å²) in [6.07, 6.45) is 0.944. The quantitative estimate of drug-likeness (QED) is 0.608. The molecule has 0 radical (unpaired) electrons. The molecule has 2 saturated heterocycles. The number of fused-ring (bicyclic) bond motifs is 2. The van der Waals surface area contributed by atoms with Crippen LogP contribution >= 0.6 is 0 Å². The zero-order chi connectivity index (χ0) is 18.9. The third-order valence-electron chi connectivity index (χ3n) is 5.66. The van der Waals surface area contributed by atoms with Crippen LogP contribution in [0.1, 0.15) is 27.0 Å². The number of nitrogen functional groups attached to an aromatic ring is 1. The average Bonchev–Trinajstić information content (AvgIpc) is 3.06. The summed E-state index contributed by atoms with van der Waals surface area (Å²) in [5.74, 6) is 0.0494. The van der Waals surface area contributed by atoms with Crippen molar-refractivity contribution in [2.45, 2.75) is 63.4 Å². The van der Waals surface area contributed by atoms with Crippen molar-refractivity contribution >= 4 is 25.4 Å². The van der Waals surface area contributed by atoms with Gasteiger partial charge in [0.1, 0.15) is 18.3 Å². The van der Waals surface area contributed by atoms with Gasteiger partial charge in [0.15, 0.2) is 25.7 Å². The summed E-state index contributed by atoms with van der Waals surface area (Å²) in [5, 5.41) is 0.137. The van der Waals surface area contributed by atoms with Crippen LogP contribution in [0.5, 0.6) is 0 Å². The molecule has 0 amide bonds. The molecule has 0 unspecified atom stereocenters. The van der Waals surface area contributed by atoms with Gasteiger partial charge in [-0.3, -0.25) is 14.3 Å². The van der Waals surface area contributed by atoms with Crippen molar-refractivity contribution < 1.29 is 13.9 Å². The van der Waals surface area contributed by atoms with Crippen LogP contribution in [0.4, 0.5) is 5.95 Å². The summed E-state index contributed by atoms with van der Waals surface area (Å²) in [5.41, 5.74) is 5.94. The van der Waals surface area contributed by atoms with Gasteiger partial charge in [-0.2, -0.15) is 4.98 Å². The van der Waals surface area contributed by atoms with Crippen LogP contribution < -0.4 is 11.3 Å². The number of imidazole rings is 1. The van der Waals surface area contributed by atoms with Gasteiger partial charge in [-0.1, -0.05) is 20.8 Å². The van der Waals surface area contributed by atoms with Crippen LogP contribution in [0, 0.1) is 0 Å². The van der Waals surface area contributed by atoms with Crippen LogP contribution in [0.3, 0.4) is 0 Å². The van der Waals surface area contributed by atoms with E-state index >= 15 is 0 Å². The van der Waals surface area contributed by atoms with Crippen LogP contribution in [0.25, 0.3) is 11.2 Å². The number of epoxide rings is 1. The minimum atomic E-state index is -1.86. The molecular formula is C16H25N5O4Si. The van der Waals surface area contributed by atoms with Crippen molar-refractivity contribution in [2.24, 2.45) is 0 Å². The zero-order valence-corrected chi connectivity index (χ0v) is 16.6. The molecule has 0 saturated carbocycles. The Morgan fingerprint density at radius 1 is 1.35 bits per heavy atom. The van der Waals surface area contributed by atoms with Gasteiger partial charge < -0.3 is 19.6 Å². The van der Waals surface area contributed by atoms with E-state index in [1.165, 1.54) is 0 Å². The van der Waals surface area contributed by atoms with Crippen molar-refractivity contribution in [3.63, 3.8) is 0 Å². The second-order valence-corrected chi connectivity index (χ2v) is 13.3. The van der Waals surface area contributed by atoms with Gasteiger partial charge in [0.2, 0.25) is 5.95 Å². The lowest BCUT2D eigenvalue weighted by atomic mass is 10.2. The molecule has 0 spiro atoms. The fourth-order valence-corrected chi connectivity index (χ4v) is 4.01. The molecule has 4 heterocycles. The molecule has 4 rings (SSSR count). The molecule has 26 heavy (non-hydrogen) atoms. The lowest BCUT2D eigenvalue weighted by Crippen LogP contribution is -2.43. The molecule has 0 aliphatic carbocycles. The van der Waals surface area contributed by atoms with E-state index in [2.05, 4.69) is 48.8 Å². The predicted octanol–water partition coefficient (Wildman–Crippen LogP) is 1.39. The number of H-pyrrole nitrogens is 1. The maximum Gasteiger partial charge on any atom is 0.280 e. The number of aromatic nitrogens is 4. The topological polar surface area (TPSA) is 121 Å². The van der Waals surface area contributed by atoms with Gasteiger partial charge in [0, 0.05) is 0 Å². The number of nitrogens with one attached hydrogen (secondary N) is 1. The van der Waals surface area contributed by atoms with Crippen LogP contribution in [-0.4, -0.2) is 52.8 Å². The van der Waals surface area contributed by atoms with Crippen molar-refractivity contribution in [1.29, 1.82) is 0 Å². The highest BCUT2D eigenvalue weighted by molar-refractivity contribution is 6.74. The molecule has 2 aliphatic heterocycles. The minimum absolute atomic E-state index is 0.00145. The van der Waals surface area contributed by atoms with Crippen LogP contribution in [0.2, 0.25) is 18.1 Å². The number of aromatic amines is 1. The normalized spacial score (nSPS) is 28.5. The van der Waals surface area contributed by atoms with Crippen LogP contribution in [0.15, 0.2) is 11.1 Å². The molecule has 0 aromatic carbocycles. The highest BCUT2D eigenvalue weighted by Gasteiger charge is 2.59. The SMILES string of the molecule is CC(C)(C)[Si](C)(C)OC[C@H]1O[C@@H](n2cnc3c(=O)[nH]c(N)nc32)[C@H]2O[C@H]21. The number of ether oxygens (including phenoxy) is 2. The Morgan fingerprint density at radius 3 is 2.77 bits per heavy atom. The van der Waals surface area contributed by atoms with E-state index in [0.717, 1.165) is 0 Å². The standard InChI is InChI=1S/C16H25N5O4Si/c1-16(2,3)26(4,5)23-6-8-10-11(25-10)14(24-8)21-7-18-9-12(21)19-15(17)20-13(9)22/h7-8,10-11,14H,6H2,1-5H3,(H3,17,19,20,22)/t8-,10+,11+,14-/m1/s1. The summed E-state index contributed by atoms with van der Waals surface area (Å²) >= 11 is 0. The number of rotatable bonds is 4. The largest absolute Gasteiger partial charge is 0.414 e. The van der Waals surface area contributed by atoms with Gasteiger partial charge in [-0.05, 0) is 18.1 Å². The van der Waals surface area contributed by atoms with E-state index < -0.39 is 8.32 Å². The van der Waals surface area contributed by atoms with Crippen molar-refractivity contribution in [3.8, 4) is 0 Å². The fourth-order valence-electron chi connectivity index (χ4n) is 2.99. The number of nitrogens with two attached hydrogens (primary N) is 1. The van der Waals surface area contributed by atoms with E-state index in [4.69, 9.17) is 19.6 Å². The molecule has 4 atom stereocenters. The number of hydrogen-bond donors (Lipinski definition) is 2. The molecule has 2 aromatic heterocycles. The third-order valence-corrected chi connectivity index (χ3v) is 10.2. The molecular weight excluding hydrogens is 354 g/mol. The molecule has 10 heteroatoms. The molecule has 2 fully saturated rings. The fraction of sp³-hybridized carbons (Fsp3) is 0.688. The Hall–Kier alpha value is -1.75. The van der Waals surface area contributed by atoms with Crippen molar-refractivity contribution in [1.82, 2.24) is 19.5 Å². The molecule has 142 valence electrons. The van der Waals surface area contributed by atoms with Gasteiger partial charge in [0.05, 0.1) is 12.9 Å². The first kappa shape index (κ1) is 17.7. The summed E-state index contributed by atoms with van der Waals surface area (Å²) < 4.78 is 19.9. The first-order valence-electron chi connectivity index (χ1n) is 8.76. The van der Waals surface area contributed by atoms with Gasteiger partial charge in [0.25, 0.3) is 5.56 Å².